The number of aliphatic hydroxyl groups excluding tert-OH is 1. The van der Waals surface area contributed by atoms with E-state index in [1.165, 1.54) is 6.08 Å². The first-order valence-electron chi connectivity index (χ1n) is 3.07. The van der Waals surface area contributed by atoms with Gasteiger partial charge in [-0.05, 0) is 18.7 Å². The number of hydrogen-bond donors (Lipinski definition) is 1. The molecule has 0 fully saturated rings. The van der Waals surface area contributed by atoms with Crippen molar-refractivity contribution in [2.75, 3.05) is 6.54 Å². The molecule has 0 saturated heterocycles. The van der Waals surface area contributed by atoms with Crippen LogP contribution in [-0.4, -0.2) is 22.8 Å². The van der Waals surface area contributed by atoms with Gasteiger partial charge in [-0.15, -0.1) is 0 Å². The highest BCUT2D eigenvalue weighted by Crippen LogP contribution is 2.06. The molecule has 0 bridgehead atoms. The first-order chi connectivity index (χ1) is 4.34. The number of rotatable bonds is 2. The molecule has 0 radical (unpaired) electrons. The smallest absolute Gasteiger partial charge is 0.145 e. The van der Waals surface area contributed by atoms with Crippen LogP contribution in [0.5, 0.6) is 0 Å². The van der Waals surface area contributed by atoms with Gasteiger partial charge in [0.05, 0.1) is 0 Å². The molecular weight excluding hydrogens is 114 g/mol. The summed E-state index contributed by atoms with van der Waals surface area (Å²) in [5.74, 6) is 0. The molecule has 0 aromatic rings. The second kappa shape index (κ2) is 2.69. The van der Waals surface area contributed by atoms with Gasteiger partial charge in [0.25, 0.3) is 0 Å². The van der Waals surface area contributed by atoms with E-state index in [0.717, 1.165) is 13.0 Å². The van der Waals surface area contributed by atoms with E-state index < -0.39 is 6.23 Å². The van der Waals surface area contributed by atoms with Crippen molar-refractivity contribution in [2.45, 2.75) is 12.6 Å². The van der Waals surface area contributed by atoms with Crippen LogP contribution in [0.2, 0.25) is 0 Å². The van der Waals surface area contributed by atoms with Crippen LogP contribution in [-0.2, 0) is 0 Å². The monoisotopic (exact) mass is 125 g/mol. The highest BCUT2D eigenvalue weighted by molar-refractivity contribution is 4.95. The zero-order valence-corrected chi connectivity index (χ0v) is 5.33. The molecule has 1 atom stereocenters. The average Bonchev–Trinajstić information content (AvgIpc) is 2.37. The molecule has 0 aliphatic carbocycles. The molecule has 50 valence electrons. The van der Waals surface area contributed by atoms with Crippen LogP contribution in [0.3, 0.4) is 0 Å². The predicted octanol–water partition coefficient (Wildman–Crippen LogP) is 0.710. The zero-order valence-electron chi connectivity index (χ0n) is 5.33. The van der Waals surface area contributed by atoms with E-state index in [2.05, 4.69) is 6.58 Å². The fourth-order valence-corrected chi connectivity index (χ4v) is 0.864. The summed E-state index contributed by atoms with van der Waals surface area (Å²) in [6.07, 6.45) is 5.99. The summed E-state index contributed by atoms with van der Waals surface area (Å²) < 4.78 is 0. The molecule has 1 unspecified atom stereocenters. The van der Waals surface area contributed by atoms with Crippen LogP contribution in [0.4, 0.5) is 0 Å². The van der Waals surface area contributed by atoms with E-state index in [-0.39, 0.29) is 0 Å². The lowest BCUT2D eigenvalue weighted by Crippen LogP contribution is -2.26. The third kappa shape index (κ3) is 1.33. The minimum atomic E-state index is -0.497. The third-order valence-corrected chi connectivity index (χ3v) is 1.40. The number of nitrogens with zero attached hydrogens (tertiary/aromatic N) is 1. The Morgan fingerprint density at radius 3 is 3.00 bits per heavy atom. The molecule has 1 rings (SSSR count). The van der Waals surface area contributed by atoms with Crippen LogP contribution in [0.15, 0.2) is 24.9 Å². The molecule has 2 nitrogen and oxygen atoms in total. The molecular formula is C7H11NO. The number of aliphatic hydroxyl groups is 1. The van der Waals surface area contributed by atoms with Gasteiger partial charge in [0.2, 0.25) is 0 Å². The fourth-order valence-electron chi connectivity index (χ4n) is 0.864. The Morgan fingerprint density at radius 1 is 1.78 bits per heavy atom. The Morgan fingerprint density at radius 2 is 2.56 bits per heavy atom. The molecule has 1 heterocycles. The molecule has 1 N–H and O–H groups in total. The van der Waals surface area contributed by atoms with E-state index in [9.17, 15) is 0 Å². The van der Waals surface area contributed by atoms with Crippen molar-refractivity contribution in [3.05, 3.63) is 24.9 Å². The van der Waals surface area contributed by atoms with Gasteiger partial charge in [-0.25, -0.2) is 0 Å². The SMILES string of the molecule is C=CC(O)N1C=CCC1. The fraction of sp³-hybridized carbons (Fsp3) is 0.429. The van der Waals surface area contributed by atoms with Crippen LogP contribution in [0.1, 0.15) is 6.42 Å². The highest BCUT2D eigenvalue weighted by Gasteiger charge is 2.09. The number of hydrogen-bond acceptors (Lipinski definition) is 2. The highest BCUT2D eigenvalue weighted by atomic mass is 16.3. The Kier molecular flexibility index (Phi) is 1.90. The molecule has 0 saturated carbocycles. The third-order valence-electron chi connectivity index (χ3n) is 1.40. The van der Waals surface area contributed by atoms with Crippen molar-refractivity contribution < 1.29 is 5.11 Å². The van der Waals surface area contributed by atoms with Gasteiger partial charge in [0.15, 0.2) is 0 Å². The second-order valence-corrected chi connectivity index (χ2v) is 2.06. The Balaban J connectivity index is 2.42. The van der Waals surface area contributed by atoms with Gasteiger partial charge in [0.1, 0.15) is 6.23 Å². The maximum Gasteiger partial charge on any atom is 0.145 e. The molecule has 0 amide bonds. The minimum absolute atomic E-state index is 0.497. The summed E-state index contributed by atoms with van der Waals surface area (Å²) in [4.78, 5) is 1.84. The van der Waals surface area contributed by atoms with Crippen LogP contribution >= 0.6 is 0 Å². The van der Waals surface area contributed by atoms with E-state index in [1.54, 1.807) is 0 Å². The lowest BCUT2D eigenvalue weighted by Gasteiger charge is -2.18. The summed E-state index contributed by atoms with van der Waals surface area (Å²) >= 11 is 0. The first kappa shape index (κ1) is 6.36. The van der Waals surface area contributed by atoms with E-state index >= 15 is 0 Å². The second-order valence-electron chi connectivity index (χ2n) is 2.06. The predicted molar refractivity (Wildman–Crippen MR) is 36.7 cm³/mol. The lowest BCUT2D eigenvalue weighted by molar-refractivity contribution is 0.0873. The topological polar surface area (TPSA) is 23.5 Å². The molecule has 0 aromatic carbocycles. The Labute approximate surface area is 55.1 Å². The van der Waals surface area contributed by atoms with Gasteiger partial charge < -0.3 is 10.0 Å². The lowest BCUT2D eigenvalue weighted by atomic mass is 10.4. The van der Waals surface area contributed by atoms with Crippen molar-refractivity contribution in [3.63, 3.8) is 0 Å². The van der Waals surface area contributed by atoms with Crippen molar-refractivity contribution in [1.82, 2.24) is 4.90 Å². The quantitative estimate of drug-likeness (QED) is 0.549. The Hall–Kier alpha value is -0.760. The van der Waals surface area contributed by atoms with E-state index in [4.69, 9.17) is 5.11 Å². The molecule has 0 spiro atoms. The molecule has 1 aliphatic heterocycles. The molecule has 9 heavy (non-hydrogen) atoms. The zero-order chi connectivity index (χ0) is 6.69. The van der Waals surface area contributed by atoms with Crippen molar-refractivity contribution in [1.29, 1.82) is 0 Å². The van der Waals surface area contributed by atoms with Gasteiger partial charge in [-0.3, -0.25) is 0 Å². The summed E-state index contributed by atoms with van der Waals surface area (Å²) in [5, 5.41) is 9.11. The standard InChI is InChI=1S/C7H11NO/c1-2-7(9)8-5-3-4-6-8/h2-3,5,7,9H,1,4,6H2. The summed E-state index contributed by atoms with van der Waals surface area (Å²) in [5.41, 5.74) is 0. The van der Waals surface area contributed by atoms with Crippen LogP contribution in [0, 0.1) is 0 Å². The molecule has 0 aromatic heterocycles. The molecule has 2 heteroatoms. The summed E-state index contributed by atoms with van der Waals surface area (Å²) in [6, 6.07) is 0. The first-order valence-corrected chi connectivity index (χ1v) is 3.07. The van der Waals surface area contributed by atoms with Crippen molar-refractivity contribution >= 4 is 0 Å². The van der Waals surface area contributed by atoms with Gasteiger partial charge in [-0.2, -0.15) is 0 Å². The summed E-state index contributed by atoms with van der Waals surface area (Å²) in [6.45, 7) is 4.39. The summed E-state index contributed by atoms with van der Waals surface area (Å²) in [7, 11) is 0. The van der Waals surface area contributed by atoms with E-state index in [0.29, 0.717) is 0 Å². The average molecular weight is 125 g/mol. The Bertz CT molecular complexity index is 131. The maximum atomic E-state index is 9.11. The largest absolute Gasteiger partial charge is 0.370 e. The van der Waals surface area contributed by atoms with Crippen LogP contribution in [0.25, 0.3) is 0 Å². The van der Waals surface area contributed by atoms with Gasteiger partial charge in [-0.1, -0.05) is 12.7 Å². The van der Waals surface area contributed by atoms with E-state index in [1.807, 2.05) is 17.2 Å². The van der Waals surface area contributed by atoms with Crippen molar-refractivity contribution in [2.24, 2.45) is 0 Å². The molecule has 1 aliphatic rings. The minimum Gasteiger partial charge on any atom is -0.370 e. The van der Waals surface area contributed by atoms with Gasteiger partial charge in [0, 0.05) is 6.54 Å². The maximum absolute atomic E-state index is 9.11. The van der Waals surface area contributed by atoms with Crippen molar-refractivity contribution in [3.8, 4) is 0 Å². The van der Waals surface area contributed by atoms with Gasteiger partial charge >= 0.3 is 0 Å². The van der Waals surface area contributed by atoms with Crippen LogP contribution < -0.4 is 0 Å². The normalized spacial score (nSPS) is 20.3.